The van der Waals surface area contributed by atoms with Gasteiger partial charge in [-0.1, -0.05) is 44.2 Å². The minimum atomic E-state index is 0.224. The van der Waals surface area contributed by atoms with Crippen LogP contribution in [0.2, 0.25) is 0 Å². The van der Waals surface area contributed by atoms with Crippen LogP contribution in [0, 0.1) is 0 Å². The first-order valence-electron chi connectivity index (χ1n) is 7.45. The zero-order valence-corrected chi connectivity index (χ0v) is 13.4. The van der Waals surface area contributed by atoms with E-state index < -0.39 is 0 Å². The molecule has 108 valence electrons. The van der Waals surface area contributed by atoms with Gasteiger partial charge in [-0.05, 0) is 46.3 Å². The number of nitrogens with one attached hydrogen (secondary N) is 1. The van der Waals surface area contributed by atoms with E-state index in [0.717, 1.165) is 13.0 Å². The molecule has 0 fully saturated rings. The van der Waals surface area contributed by atoms with E-state index in [1.54, 1.807) is 0 Å². The molecule has 1 rings (SSSR count). The summed E-state index contributed by atoms with van der Waals surface area (Å²) in [5.41, 5.74) is 1.60. The fourth-order valence-electron chi connectivity index (χ4n) is 2.47. The van der Waals surface area contributed by atoms with Crippen molar-refractivity contribution >= 4 is 0 Å². The zero-order valence-electron chi connectivity index (χ0n) is 13.4. The predicted molar refractivity (Wildman–Crippen MR) is 84.5 cm³/mol. The second-order valence-corrected chi connectivity index (χ2v) is 5.96. The molecule has 2 nitrogen and oxygen atoms in total. The van der Waals surface area contributed by atoms with Gasteiger partial charge in [0.2, 0.25) is 0 Å². The summed E-state index contributed by atoms with van der Waals surface area (Å²) in [4.78, 5) is 2.49. The van der Waals surface area contributed by atoms with Gasteiger partial charge in [-0.15, -0.1) is 0 Å². The van der Waals surface area contributed by atoms with Crippen molar-refractivity contribution in [1.82, 2.24) is 10.2 Å². The maximum Gasteiger partial charge on any atom is 0.0475 e. The van der Waals surface area contributed by atoms with Crippen molar-refractivity contribution in [1.29, 1.82) is 0 Å². The lowest BCUT2D eigenvalue weighted by atomic mass is 9.93. The van der Waals surface area contributed by atoms with Crippen molar-refractivity contribution in [3.05, 3.63) is 35.9 Å². The number of rotatable bonds is 7. The molecular formula is C17H30N2. The van der Waals surface area contributed by atoms with Crippen LogP contribution in [-0.2, 0) is 0 Å². The Labute approximate surface area is 119 Å². The Balaban J connectivity index is 2.93. The number of benzene rings is 1. The Hall–Kier alpha value is -0.860. The monoisotopic (exact) mass is 262 g/mol. The molecule has 0 spiro atoms. The lowest BCUT2D eigenvalue weighted by Gasteiger charge is -2.43. The molecular weight excluding hydrogens is 232 g/mol. The number of hydrogen-bond acceptors (Lipinski definition) is 2. The highest BCUT2D eigenvalue weighted by molar-refractivity contribution is 5.20. The molecule has 0 aliphatic heterocycles. The number of nitrogens with zero attached hydrogens (tertiary/aromatic N) is 1. The van der Waals surface area contributed by atoms with E-state index >= 15 is 0 Å². The van der Waals surface area contributed by atoms with Crippen LogP contribution in [0.25, 0.3) is 0 Å². The zero-order chi connectivity index (χ0) is 14.5. The first-order valence-corrected chi connectivity index (χ1v) is 7.45. The Kier molecular flexibility index (Phi) is 6.02. The summed E-state index contributed by atoms with van der Waals surface area (Å²) in [6, 6.07) is 11.6. The summed E-state index contributed by atoms with van der Waals surface area (Å²) in [6.45, 7) is 12.4. The number of hydrogen-bond donors (Lipinski definition) is 1. The molecule has 1 N–H and O–H groups in total. The largest absolute Gasteiger partial charge is 0.309 e. The first kappa shape index (κ1) is 16.2. The molecule has 0 aromatic heterocycles. The molecule has 2 atom stereocenters. The van der Waals surface area contributed by atoms with Gasteiger partial charge >= 0.3 is 0 Å². The van der Waals surface area contributed by atoms with Gasteiger partial charge in [-0.25, -0.2) is 0 Å². The summed E-state index contributed by atoms with van der Waals surface area (Å²) < 4.78 is 0. The van der Waals surface area contributed by atoms with Gasteiger partial charge in [0, 0.05) is 17.6 Å². The number of likely N-dealkylation sites (N-methyl/N-ethyl adjacent to an activating group) is 2. The van der Waals surface area contributed by atoms with E-state index in [2.05, 4.69) is 82.2 Å². The third-order valence-electron chi connectivity index (χ3n) is 4.50. The topological polar surface area (TPSA) is 15.3 Å². The Morgan fingerprint density at radius 2 is 1.74 bits per heavy atom. The quantitative estimate of drug-likeness (QED) is 0.803. The normalized spacial score (nSPS) is 15.5. The maximum absolute atomic E-state index is 3.63. The van der Waals surface area contributed by atoms with Gasteiger partial charge in [-0.3, -0.25) is 4.90 Å². The van der Waals surface area contributed by atoms with Crippen molar-refractivity contribution in [2.45, 2.75) is 58.7 Å². The molecule has 0 saturated carbocycles. The molecule has 0 bridgehead atoms. The van der Waals surface area contributed by atoms with Crippen molar-refractivity contribution in [3.8, 4) is 0 Å². The molecule has 0 radical (unpaired) electrons. The molecule has 1 aromatic rings. The molecule has 0 amide bonds. The molecule has 2 heteroatoms. The Bertz CT molecular complexity index is 359. The first-order chi connectivity index (χ1) is 8.94. The lowest BCUT2D eigenvalue weighted by molar-refractivity contribution is 0.0836. The van der Waals surface area contributed by atoms with Gasteiger partial charge in [0.15, 0.2) is 0 Å². The third kappa shape index (κ3) is 4.05. The van der Waals surface area contributed by atoms with Gasteiger partial charge in [0.25, 0.3) is 0 Å². The molecule has 1 aromatic carbocycles. The van der Waals surface area contributed by atoms with Crippen LogP contribution in [0.5, 0.6) is 0 Å². The van der Waals surface area contributed by atoms with Crippen LogP contribution in [0.3, 0.4) is 0 Å². The highest BCUT2D eigenvalue weighted by Crippen LogP contribution is 2.27. The lowest BCUT2D eigenvalue weighted by Crippen LogP contribution is -2.50. The summed E-state index contributed by atoms with van der Waals surface area (Å²) >= 11 is 0. The maximum atomic E-state index is 3.63. The molecule has 2 unspecified atom stereocenters. The average molecular weight is 262 g/mol. The van der Waals surface area contributed by atoms with E-state index in [1.165, 1.54) is 5.56 Å². The van der Waals surface area contributed by atoms with Crippen LogP contribution in [0.1, 0.15) is 52.6 Å². The summed E-state index contributed by atoms with van der Waals surface area (Å²) in [5.74, 6) is 0. The van der Waals surface area contributed by atoms with Crippen LogP contribution in [0.4, 0.5) is 0 Å². The second-order valence-electron chi connectivity index (χ2n) is 5.96. The fraction of sp³-hybridized carbons (Fsp3) is 0.647. The SMILES string of the molecule is CCNC(c1ccccc1)C(C)N(C)C(C)(C)CC. The summed E-state index contributed by atoms with van der Waals surface area (Å²) in [6.07, 6.45) is 1.15. The van der Waals surface area contributed by atoms with Gasteiger partial charge < -0.3 is 5.32 Å². The van der Waals surface area contributed by atoms with E-state index in [9.17, 15) is 0 Å². The van der Waals surface area contributed by atoms with Crippen molar-refractivity contribution in [2.75, 3.05) is 13.6 Å². The fourth-order valence-corrected chi connectivity index (χ4v) is 2.47. The van der Waals surface area contributed by atoms with Crippen LogP contribution >= 0.6 is 0 Å². The van der Waals surface area contributed by atoms with Crippen LogP contribution in [0.15, 0.2) is 30.3 Å². The van der Waals surface area contributed by atoms with Crippen LogP contribution in [-0.4, -0.2) is 30.1 Å². The van der Waals surface area contributed by atoms with Crippen molar-refractivity contribution < 1.29 is 0 Å². The van der Waals surface area contributed by atoms with Gasteiger partial charge in [-0.2, -0.15) is 0 Å². The highest BCUT2D eigenvalue weighted by atomic mass is 15.2. The molecule has 0 aliphatic rings. The van der Waals surface area contributed by atoms with E-state index in [0.29, 0.717) is 12.1 Å². The molecule has 0 heterocycles. The summed E-state index contributed by atoms with van der Waals surface area (Å²) in [5, 5.41) is 3.63. The van der Waals surface area contributed by atoms with E-state index in [4.69, 9.17) is 0 Å². The molecule has 0 aliphatic carbocycles. The standard InChI is InChI=1S/C17H30N2/c1-7-17(4,5)19(6)14(3)16(18-8-2)15-12-10-9-11-13-15/h9-14,16,18H,7-8H2,1-6H3. The minimum Gasteiger partial charge on any atom is -0.309 e. The van der Waals surface area contributed by atoms with Gasteiger partial charge in [0.1, 0.15) is 0 Å². The average Bonchev–Trinajstić information content (AvgIpc) is 2.44. The van der Waals surface area contributed by atoms with Crippen molar-refractivity contribution in [3.63, 3.8) is 0 Å². The second kappa shape index (κ2) is 7.06. The Morgan fingerprint density at radius 1 is 1.16 bits per heavy atom. The van der Waals surface area contributed by atoms with Gasteiger partial charge in [0.05, 0.1) is 0 Å². The minimum absolute atomic E-state index is 0.224. The third-order valence-corrected chi connectivity index (χ3v) is 4.50. The van der Waals surface area contributed by atoms with Crippen molar-refractivity contribution in [2.24, 2.45) is 0 Å². The summed E-state index contributed by atoms with van der Waals surface area (Å²) in [7, 11) is 2.24. The van der Waals surface area contributed by atoms with E-state index in [-0.39, 0.29) is 5.54 Å². The highest BCUT2D eigenvalue weighted by Gasteiger charge is 2.30. The predicted octanol–water partition coefficient (Wildman–Crippen LogP) is 3.85. The molecule has 19 heavy (non-hydrogen) atoms. The Morgan fingerprint density at radius 3 is 2.21 bits per heavy atom. The molecule has 0 saturated heterocycles. The van der Waals surface area contributed by atoms with E-state index in [1.807, 2.05) is 0 Å². The van der Waals surface area contributed by atoms with Crippen LogP contribution < -0.4 is 5.32 Å². The smallest absolute Gasteiger partial charge is 0.0475 e.